The van der Waals surface area contributed by atoms with Gasteiger partial charge in [-0.25, -0.2) is 0 Å². The third-order valence-corrected chi connectivity index (χ3v) is 6.87. The molecule has 1 aromatic rings. The van der Waals surface area contributed by atoms with Gasteiger partial charge in [-0.2, -0.15) is 0 Å². The Morgan fingerprint density at radius 3 is 2.31 bits per heavy atom. The number of para-hydroxylation sites is 2. The highest BCUT2D eigenvalue weighted by molar-refractivity contribution is 5.96. The molecule has 1 N–H and O–H groups in total. The highest BCUT2D eigenvalue weighted by atomic mass is 16.5. The van der Waals surface area contributed by atoms with E-state index < -0.39 is 6.10 Å². The van der Waals surface area contributed by atoms with Crippen LogP contribution in [0.2, 0.25) is 0 Å². The molecule has 1 aromatic carbocycles. The van der Waals surface area contributed by atoms with Crippen molar-refractivity contribution in [2.75, 3.05) is 11.4 Å². The summed E-state index contributed by atoms with van der Waals surface area (Å²) in [5.74, 6) is 2.83. The molecule has 6 rings (SSSR count). The summed E-state index contributed by atoms with van der Waals surface area (Å²) in [7, 11) is 0. The molecule has 1 aliphatic heterocycles. The zero-order valence-electron chi connectivity index (χ0n) is 15.2. The lowest BCUT2D eigenvalue weighted by Gasteiger charge is -2.57. The first kappa shape index (κ1) is 16.2. The molecule has 4 saturated carbocycles. The van der Waals surface area contributed by atoms with Crippen LogP contribution in [0.15, 0.2) is 24.3 Å². The third kappa shape index (κ3) is 2.60. The molecular weight excluding hydrogens is 328 g/mol. The summed E-state index contributed by atoms with van der Waals surface area (Å²) in [5.41, 5.74) is 0.714. The number of hydrogen-bond donors (Lipinski definition) is 1. The van der Waals surface area contributed by atoms with Crippen LogP contribution in [0, 0.1) is 17.8 Å². The van der Waals surface area contributed by atoms with Gasteiger partial charge in [0, 0.05) is 12.5 Å². The number of anilines is 1. The van der Waals surface area contributed by atoms with Crippen LogP contribution in [0.5, 0.6) is 5.75 Å². The van der Waals surface area contributed by atoms with Gasteiger partial charge in [0.1, 0.15) is 5.75 Å². The number of amides is 2. The third-order valence-electron chi connectivity index (χ3n) is 6.87. The summed E-state index contributed by atoms with van der Waals surface area (Å²) in [6, 6.07) is 7.45. The average molecular weight is 354 g/mol. The van der Waals surface area contributed by atoms with Gasteiger partial charge in [0.2, 0.25) is 5.91 Å². The molecule has 4 bridgehead atoms. The molecule has 0 aromatic heterocycles. The van der Waals surface area contributed by atoms with Gasteiger partial charge in [-0.1, -0.05) is 12.1 Å². The minimum Gasteiger partial charge on any atom is -0.477 e. The summed E-state index contributed by atoms with van der Waals surface area (Å²) < 4.78 is 5.98. The summed E-state index contributed by atoms with van der Waals surface area (Å²) >= 11 is 0. The second-order valence-corrected chi connectivity index (χ2v) is 8.89. The Hall–Kier alpha value is -2.04. The predicted octanol–water partition coefficient (Wildman–Crippen LogP) is 2.89. The molecule has 2 amide bonds. The Kier molecular flexibility index (Phi) is 3.56. The predicted molar refractivity (Wildman–Crippen MR) is 97.9 cm³/mol. The molecule has 4 aliphatic carbocycles. The molecule has 5 nitrogen and oxygen atoms in total. The molecule has 5 heteroatoms. The number of carbonyl (C=O) groups is 2. The molecular formula is C21H26N2O3. The van der Waals surface area contributed by atoms with Gasteiger partial charge in [0.15, 0.2) is 6.10 Å². The lowest BCUT2D eigenvalue weighted by Crippen LogP contribution is -2.63. The molecule has 5 aliphatic rings. The maximum absolute atomic E-state index is 13.1. The molecule has 138 valence electrons. The molecule has 1 heterocycles. The van der Waals surface area contributed by atoms with E-state index in [-0.39, 0.29) is 23.9 Å². The standard InChI is InChI=1S/C21H26N2O3/c1-13(24)23-12-19(26-18-5-3-2-4-17(18)23)20(25)22-21-9-14-6-15(10-21)8-16(7-14)11-21/h2-5,14-16,19H,6-12H2,1H3,(H,22,25). The second-order valence-electron chi connectivity index (χ2n) is 8.89. The Bertz CT molecular complexity index is 724. The van der Waals surface area contributed by atoms with Gasteiger partial charge in [0.25, 0.3) is 5.91 Å². The number of benzene rings is 1. The van der Waals surface area contributed by atoms with Crippen LogP contribution in [-0.2, 0) is 9.59 Å². The Morgan fingerprint density at radius 2 is 1.69 bits per heavy atom. The van der Waals surface area contributed by atoms with E-state index in [2.05, 4.69) is 5.32 Å². The van der Waals surface area contributed by atoms with Gasteiger partial charge in [0.05, 0.1) is 12.2 Å². The Labute approximate surface area is 154 Å². The number of hydrogen-bond acceptors (Lipinski definition) is 3. The van der Waals surface area contributed by atoms with E-state index in [1.165, 1.54) is 26.2 Å². The van der Waals surface area contributed by atoms with E-state index in [0.717, 1.165) is 42.7 Å². The molecule has 0 saturated heterocycles. The van der Waals surface area contributed by atoms with Crippen molar-refractivity contribution in [3.63, 3.8) is 0 Å². The summed E-state index contributed by atoms with van der Waals surface area (Å²) in [4.78, 5) is 26.8. The van der Waals surface area contributed by atoms with E-state index >= 15 is 0 Å². The number of ether oxygens (including phenoxy) is 1. The average Bonchev–Trinajstić information content (AvgIpc) is 2.59. The Balaban J connectivity index is 1.36. The first-order valence-corrected chi connectivity index (χ1v) is 9.87. The van der Waals surface area contributed by atoms with Crippen LogP contribution < -0.4 is 15.0 Å². The molecule has 26 heavy (non-hydrogen) atoms. The van der Waals surface area contributed by atoms with Gasteiger partial charge in [-0.05, 0) is 68.4 Å². The lowest BCUT2D eigenvalue weighted by molar-refractivity contribution is -0.134. The quantitative estimate of drug-likeness (QED) is 0.888. The fourth-order valence-corrected chi connectivity index (χ4v) is 6.27. The SMILES string of the molecule is CC(=O)N1CC(C(=O)NC23CC4CC(CC(C4)C2)C3)Oc2ccccc21. The number of nitrogens with zero attached hydrogens (tertiary/aromatic N) is 1. The van der Waals surface area contributed by atoms with E-state index in [9.17, 15) is 9.59 Å². The maximum atomic E-state index is 13.1. The van der Waals surface area contributed by atoms with Gasteiger partial charge >= 0.3 is 0 Å². The van der Waals surface area contributed by atoms with Crippen molar-refractivity contribution >= 4 is 17.5 Å². The zero-order valence-corrected chi connectivity index (χ0v) is 15.2. The normalized spacial score (nSPS) is 37.0. The highest BCUT2D eigenvalue weighted by Crippen LogP contribution is 2.55. The topological polar surface area (TPSA) is 58.6 Å². The van der Waals surface area contributed by atoms with Crippen molar-refractivity contribution in [1.82, 2.24) is 5.32 Å². The van der Waals surface area contributed by atoms with E-state index in [0.29, 0.717) is 5.75 Å². The van der Waals surface area contributed by atoms with Crippen LogP contribution in [0.1, 0.15) is 45.4 Å². The minimum atomic E-state index is -0.637. The first-order valence-electron chi connectivity index (χ1n) is 9.87. The van der Waals surface area contributed by atoms with Crippen molar-refractivity contribution < 1.29 is 14.3 Å². The molecule has 0 radical (unpaired) electrons. The van der Waals surface area contributed by atoms with Crippen LogP contribution in [0.3, 0.4) is 0 Å². The first-order chi connectivity index (χ1) is 12.5. The van der Waals surface area contributed by atoms with Crippen molar-refractivity contribution in [1.29, 1.82) is 0 Å². The zero-order chi connectivity index (χ0) is 17.9. The number of nitrogens with one attached hydrogen (secondary N) is 1. The van der Waals surface area contributed by atoms with E-state index in [1.54, 1.807) is 4.90 Å². The maximum Gasteiger partial charge on any atom is 0.263 e. The van der Waals surface area contributed by atoms with Crippen LogP contribution in [0.25, 0.3) is 0 Å². The second kappa shape index (κ2) is 5.73. The number of rotatable bonds is 2. The monoisotopic (exact) mass is 354 g/mol. The Morgan fingerprint density at radius 1 is 1.08 bits per heavy atom. The summed E-state index contributed by atoms with van der Waals surface area (Å²) in [6.45, 7) is 1.82. The van der Waals surface area contributed by atoms with Crippen LogP contribution in [-0.4, -0.2) is 30.0 Å². The van der Waals surface area contributed by atoms with Crippen LogP contribution in [0.4, 0.5) is 5.69 Å². The number of fused-ring (bicyclic) bond motifs is 1. The molecule has 0 spiro atoms. The lowest BCUT2D eigenvalue weighted by atomic mass is 9.53. The van der Waals surface area contributed by atoms with E-state index in [1.807, 2.05) is 24.3 Å². The summed E-state index contributed by atoms with van der Waals surface area (Å²) in [6.07, 6.45) is 6.75. The van der Waals surface area contributed by atoms with Crippen molar-refractivity contribution in [2.45, 2.75) is 57.1 Å². The minimum absolute atomic E-state index is 0.0345. The van der Waals surface area contributed by atoms with Gasteiger partial charge < -0.3 is 15.0 Å². The van der Waals surface area contributed by atoms with Gasteiger partial charge in [-0.15, -0.1) is 0 Å². The van der Waals surface area contributed by atoms with Crippen LogP contribution >= 0.6 is 0 Å². The molecule has 4 fully saturated rings. The smallest absolute Gasteiger partial charge is 0.263 e. The number of carbonyl (C=O) groups excluding carboxylic acids is 2. The fourth-order valence-electron chi connectivity index (χ4n) is 6.27. The van der Waals surface area contributed by atoms with Crippen molar-refractivity contribution in [2.24, 2.45) is 17.8 Å². The van der Waals surface area contributed by atoms with E-state index in [4.69, 9.17) is 4.74 Å². The molecule has 1 atom stereocenters. The molecule has 1 unspecified atom stereocenters. The van der Waals surface area contributed by atoms with Crippen molar-refractivity contribution in [3.8, 4) is 5.75 Å². The largest absolute Gasteiger partial charge is 0.477 e. The highest BCUT2D eigenvalue weighted by Gasteiger charge is 2.52. The fraction of sp³-hybridized carbons (Fsp3) is 0.619. The summed E-state index contributed by atoms with van der Waals surface area (Å²) in [5, 5.41) is 3.38. The van der Waals surface area contributed by atoms with Crippen molar-refractivity contribution in [3.05, 3.63) is 24.3 Å². The van der Waals surface area contributed by atoms with Gasteiger partial charge in [-0.3, -0.25) is 9.59 Å².